The molecule has 4 rings (SSSR count). The van der Waals surface area contributed by atoms with Crippen LogP contribution in [-0.4, -0.2) is 122 Å². The molecule has 11 atom stereocenters. The molecule has 298 valence electrons. The predicted octanol–water partition coefficient (Wildman–Crippen LogP) is -0.497. The monoisotopic (exact) mass is 827 g/mol. The van der Waals surface area contributed by atoms with E-state index in [-0.39, 0.29) is 23.3 Å². The van der Waals surface area contributed by atoms with Crippen molar-refractivity contribution in [1.82, 2.24) is 19.5 Å². The van der Waals surface area contributed by atoms with Crippen molar-refractivity contribution in [3.8, 4) is 0 Å². The number of phosphoric ester groups is 1. The normalized spacial score (nSPS) is 28.9. The molecule has 0 amide bonds. The molecule has 0 saturated carbocycles. The van der Waals surface area contributed by atoms with Gasteiger partial charge in [0, 0.05) is 34.6 Å². The van der Waals surface area contributed by atoms with Crippen LogP contribution in [0.15, 0.2) is 12.7 Å². The quantitative estimate of drug-likeness (QED) is 0.0882. The maximum absolute atomic E-state index is 13.3. The number of esters is 5. The van der Waals surface area contributed by atoms with Crippen LogP contribution in [0.2, 0.25) is 0 Å². The molecule has 24 nitrogen and oxygen atoms in total. The van der Waals surface area contributed by atoms with Crippen LogP contribution in [0.5, 0.6) is 0 Å². The van der Waals surface area contributed by atoms with E-state index < -0.39 is 113 Å². The van der Waals surface area contributed by atoms with Gasteiger partial charge in [0.2, 0.25) is 6.29 Å². The van der Waals surface area contributed by atoms with Crippen LogP contribution in [0, 0.1) is 5.92 Å². The minimum atomic E-state index is -5.64. The van der Waals surface area contributed by atoms with Crippen LogP contribution < -0.4 is 5.73 Å². The lowest BCUT2D eigenvalue weighted by Crippen LogP contribution is -2.59. The number of carbonyl (C=O) groups excluding carboxylic acids is 6. The molecule has 4 N–H and O–H groups in total. The molecule has 2 aliphatic rings. The highest BCUT2D eigenvalue weighted by atomic mass is 32.5. The predicted molar refractivity (Wildman–Crippen MR) is 175 cm³/mol. The summed E-state index contributed by atoms with van der Waals surface area (Å²) in [6, 6.07) is 0. The zero-order valence-electron chi connectivity index (χ0n) is 28.8. The largest absolute Gasteiger partial charge is 0.481 e. The van der Waals surface area contributed by atoms with Crippen molar-refractivity contribution in [3.63, 3.8) is 0 Å². The van der Waals surface area contributed by atoms with Gasteiger partial charge in [0.1, 0.15) is 43.0 Å². The fourth-order valence-electron chi connectivity index (χ4n) is 5.43. The minimum Gasteiger partial charge on any atom is -0.463 e. The van der Waals surface area contributed by atoms with E-state index in [1.165, 1.54) is 10.9 Å². The highest BCUT2D eigenvalue weighted by Gasteiger charge is 2.54. The molecule has 4 heterocycles. The van der Waals surface area contributed by atoms with Crippen molar-refractivity contribution in [1.29, 1.82) is 0 Å². The summed E-state index contributed by atoms with van der Waals surface area (Å²) in [6.07, 6.45) is -10.1. The van der Waals surface area contributed by atoms with E-state index in [0.29, 0.717) is 0 Å². The van der Waals surface area contributed by atoms with Crippen LogP contribution in [-0.2, 0) is 91.7 Å². The fourth-order valence-corrected chi connectivity index (χ4v) is 8.53. The molecule has 2 aromatic heterocycles. The van der Waals surface area contributed by atoms with Crippen molar-refractivity contribution in [2.24, 2.45) is 5.92 Å². The van der Waals surface area contributed by atoms with E-state index in [4.69, 9.17) is 64.1 Å². The highest BCUT2D eigenvalue weighted by Crippen LogP contribution is 2.62. The first kappa shape index (κ1) is 42.7. The fraction of sp³-hybridized carbons (Fsp3) is 0.593. The van der Waals surface area contributed by atoms with Gasteiger partial charge in [-0.3, -0.25) is 33.1 Å². The smallest absolute Gasteiger partial charge is 0.463 e. The van der Waals surface area contributed by atoms with Crippen molar-refractivity contribution in [2.75, 3.05) is 18.9 Å². The van der Waals surface area contributed by atoms with Gasteiger partial charge in [-0.05, 0) is 11.8 Å². The zero-order chi connectivity index (χ0) is 40.1. The van der Waals surface area contributed by atoms with Gasteiger partial charge in [-0.25, -0.2) is 23.8 Å². The Kier molecular flexibility index (Phi) is 13.9. The molecule has 0 spiro atoms. The van der Waals surface area contributed by atoms with Gasteiger partial charge in [-0.2, -0.15) is 0 Å². The molecule has 2 aliphatic heterocycles. The second-order valence-electron chi connectivity index (χ2n) is 11.4. The van der Waals surface area contributed by atoms with Crippen molar-refractivity contribution >= 4 is 79.5 Å². The topological polar surface area (TPSA) is 322 Å². The van der Waals surface area contributed by atoms with Crippen molar-refractivity contribution < 1.29 is 89.6 Å². The first-order valence-electron chi connectivity index (χ1n) is 15.4. The highest BCUT2D eigenvalue weighted by molar-refractivity contribution is 8.08. The summed E-state index contributed by atoms with van der Waals surface area (Å²) < 4.78 is 67.2. The molecule has 27 heteroatoms. The van der Waals surface area contributed by atoms with Gasteiger partial charge in [-0.15, -0.1) is 0 Å². The van der Waals surface area contributed by atoms with Gasteiger partial charge in [0.15, 0.2) is 36.0 Å². The third-order valence-electron chi connectivity index (χ3n) is 7.31. The van der Waals surface area contributed by atoms with E-state index in [0.717, 1.165) is 40.9 Å². The summed E-state index contributed by atoms with van der Waals surface area (Å²) in [4.78, 5) is 105. The maximum Gasteiger partial charge on any atom is 0.481 e. The number of hydrogen-bond donors (Lipinski definition) is 3. The van der Waals surface area contributed by atoms with Crippen LogP contribution in [0.25, 0.3) is 11.2 Å². The molecular weight excluding hydrogens is 792 g/mol. The van der Waals surface area contributed by atoms with E-state index in [1.807, 2.05) is 0 Å². The number of fused-ring (bicyclic) bond motifs is 1. The number of ether oxygens (including phenoxy) is 7. The Morgan fingerprint density at radius 2 is 1.43 bits per heavy atom. The van der Waals surface area contributed by atoms with Gasteiger partial charge in [0.05, 0.1) is 18.9 Å². The average molecular weight is 828 g/mol. The van der Waals surface area contributed by atoms with Crippen LogP contribution in [0.4, 0.5) is 5.82 Å². The first-order valence-corrected chi connectivity index (χ1v) is 19.5. The molecular formula is C27H35N5O19P2S. The molecule has 7 unspecified atom stereocenters. The Hall–Kier alpha value is -4.03. The maximum atomic E-state index is 13.3. The molecule has 0 aliphatic carbocycles. The summed E-state index contributed by atoms with van der Waals surface area (Å²) in [7, 11) is -5.64. The lowest BCUT2D eigenvalue weighted by molar-refractivity contribution is -0.270. The van der Waals surface area contributed by atoms with Gasteiger partial charge >= 0.3 is 44.4 Å². The summed E-state index contributed by atoms with van der Waals surface area (Å²) >= 11 is 4.93. The molecule has 2 saturated heterocycles. The number of imidazole rings is 1. The van der Waals surface area contributed by atoms with Gasteiger partial charge in [0.25, 0.3) is 0 Å². The van der Waals surface area contributed by atoms with Crippen molar-refractivity contribution in [2.45, 2.75) is 83.8 Å². The SMILES string of the molecule is CC(=O)OCC1O[C@@H](OP(=O)(O)OP(O)(=S)OC[C@H]2O[C@@H](n3cnc4c(N)ncnc43)C(OC(C)=O)C2OC(C)=O)C(OC(C)=O)C(C=O)[C@@H]1OC(C)=O. The Bertz CT molecular complexity index is 1860. The van der Waals surface area contributed by atoms with Gasteiger partial charge < -0.3 is 58.0 Å². The molecule has 0 bridgehead atoms. The number of rotatable bonds is 15. The summed E-state index contributed by atoms with van der Waals surface area (Å²) in [5.41, 5.74) is 6.16. The van der Waals surface area contributed by atoms with Crippen molar-refractivity contribution in [3.05, 3.63) is 12.7 Å². The molecule has 2 fully saturated rings. The summed E-state index contributed by atoms with van der Waals surface area (Å²) in [5.74, 6) is -6.04. The van der Waals surface area contributed by atoms with Crippen LogP contribution in [0.3, 0.4) is 0 Å². The number of hydrogen-bond acceptors (Lipinski definition) is 22. The Morgan fingerprint density at radius 1 is 0.852 bits per heavy atom. The number of nitrogen functional groups attached to an aromatic ring is 1. The average Bonchev–Trinajstić information content (AvgIpc) is 3.61. The number of phosphoric acid groups is 1. The second kappa shape index (κ2) is 17.6. The number of aldehydes is 1. The lowest BCUT2D eigenvalue weighted by Gasteiger charge is -2.43. The third kappa shape index (κ3) is 10.8. The summed E-state index contributed by atoms with van der Waals surface area (Å²) in [5, 5.41) is 0. The second-order valence-corrected chi connectivity index (χ2v) is 15.8. The standard InChI is InChI=1S/C27H35N5O19P2S/c1-11(34)42-7-17-20(44-12(2)35)16(6-33)21(45-13(3)36)27(49-17)50-52(39,40)51-53(41,54)43-8-18-22(46-14(4)37)23(47-15(5)38)26(48-18)32-10-31-19-24(28)29-9-30-25(19)32/h6,9-10,16-18,20-23,26-27H,7-8H2,1-5H3,(H,39,40)(H,41,54)(H2,28,29,30)/t16?,17?,18-,20+,21?,22?,23?,26-,27+,53?/m1/s1. The zero-order valence-corrected chi connectivity index (χ0v) is 31.5. The first-order chi connectivity index (χ1) is 25.2. The number of nitrogens with zero attached hydrogens (tertiary/aromatic N) is 4. The molecule has 0 radical (unpaired) electrons. The van der Waals surface area contributed by atoms with Gasteiger partial charge in [-0.1, -0.05) is 0 Å². The molecule has 54 heavy (non-hydrogen) atoms. The van der Waals surface area contributed by atoms with E-state index in [9.17, 15) is 43.1 Å². The molecule has 0 aromatic carbocycles. The van der Waals surface area contributed by atoms with E-state index in [1.54, 1.807) is 0 Å². The minimum absolute atomic E-state index is 0.00887. The number of carbonyl (C=O) groups is 6. The van der Waals surface area contributed by atoms with Crippen LogP contribution >= 0.6 is 14.5 Å². The number of aromatic nitrogens is 4. The third-order valence-corrected chi connectivity index (χ3v) is 10.8. The molecule has 2 aromatic rings. The Balaban J connectivity index is 1.56. The lowest BCUT2D eigenvalue weighted by atomic mass is 9.90. The Labute approximate surface area is 309 Å². The Morgan fingerprint density at radius 3 is 2.02 bits per heavy atom. The summed E-state index contributed by atoms with van der Waals surface area (Å²) in [6.45, 7) is -1.30. The van der Waals surface area contributed by atoms with E-state index >= 15 is 0 Å². The number of anilines is 1. The van der Waals surface area contributed by atoms with E-state index in [2.05, 4.69) is 15.0 Å². The number of nitrogens with two attached hydrogens (primary N) is 1. The van der Waals surface area contributed by atoms with Crippen LogP contribution in [0.1, 0.15) is 40.8 Å².